The molecule has 0 spiro atoms. The zero-order chi connectivity index (χ0) is 13.7. The van der Waals surface area contributed by atoms with Crippen molar-refractivity contribution in [3.8, 4) is 5.75 Å². The van der Waals surface area contributed by atoms with E-state index in [1.54, 1.807) is 7.11 Å². The van der Waals surface area contributed by atoms with Crippen LogP contribution in [0.2, 0.25) is 0 Å². The maximum Gasteiger partial charge on any atom is 0.123 e. The summed E-state index contributed by atoms with van der Waals surface area (Å²) in [7, 11) is 1.72. The van der Waals surface area contributed by atoms with E-state index in [-0.39, 0.29) is 6.04 Å². The number of ether oxygens (including phenoxy) is 1. The molecule has 2 N–H and O–H groups in total. The predicted octanol–water partition coefficient (Wildman–Crippen LogP) is 4.36. The summed E-state index contributed by atoms with van der Waals surface area (Å²) in [6, 6.07) is 6.39. The third kappa shape index (κ3) is 3.97. The Kier molecular flexibility index (Phi) is 5.26. The molecule has 1 aliphatic carbocycles. The first kappa shape index (κ1) is 14.4. The van der Waals surface area contributed by atoms with Gasteiger partial charge in [0.25, 0.3) is 0 Å². The fourth-order valence-corrected chi connectivity index (χ4v) is 3.19. The van der Waals surface area contributed by atoms with Gasteiger partial charge < -0.3 is 10.5 Å². The summed E-state index contributed by atoms with van der Waals surface area (Å²) in [6.07, 6.45) is 9.38. The number of methoxy groups -OCH3 is 1. The Morgan fingerprint density at radius 3 is 2.68 bits per heavy atom. The highest BCUT2D eigenvalue weighted by atomic mass is 16.5. The molecule has 2 nitrogen and oxygen atoms in total. The Morgan fingerprint density at radius 1 is 1.26 bits per heavy atom. The first-order valence-electron chi connectivity index (χ1n) is 7.61. The molecule has 19 heavy (non-hydrogen) atoms. The Bertz CT molecular complexity index is 396. The third-order valence-corrected chi connectivity index (χ3v) is 4.40. The van der Waals surface area contributed by atoms with E-state index in [4.69, 9.17) is 10.5 Å². The van der Waals surface area contributed by atoms with E-state index in [1.165, 1.54) is 49.7 Å². The molecule has 1 atom stereocenters. The lowest BCUT2D eigenvalue weighted by molar-refractivity contribution is 0.322. The van der Waals surface area contributed by atoms with Crippen LogP contribution in [0.1, 0.15) is 62.1 Å². The van der Waals surface area contributed by atoms with Crippen LogP contribution in [-0.4, -0.2) is 7.11 Å². The molecule has 0 aromatic heterocycles. The fourth-order valence-electron chi connectivity index (χ4n) is 3.19. The summed E-state index contributed by atoms with van der Waals surface area (Å²) in [6.45, 7) is 2.11. The molecule has 1 aliphatic rings. The first-order valence-corrected chi connectivity index (χ1v) is 7.61. The Hall–Kier alpha value is -1.02. The van der Waals surface area contributed by atoms with E-state index in [0.29, 0.717) is 0 Å². The summed E-state index contributed by atoms with van der Waals surface area (Å²) < 4.78 is 5.43. The van der Waals surface area contributed by atoms with Gasteiger partial charge in [-0.3, -0.25) is 0 Å². The lowest BCUT2D eigenvalue weighted by Crippen LogP contribution is -2.15. The van der Waals surface area contributed by atoms with Crippen LogP contribution in [-0.2, 0) is 0 Å². The summed E-state index contributed by atoms with van der Waals surface area (Å²) in [5.74, 6) is 1.83. The zero-order valence-corrected chi connectivity index (χ0v) is 12.3. The fraction of sp³-hybridized carbons (Fsp3) is 0.647. The van der Waals surface area contributed by atoms with Gasteiger partial charge in [-0.1, -0.05) is 49.8 Å². The summed E-state index contributed by atoms with van der Waals surface area (Å²) in [5, 5.41) is 0. The van der Waals surface area contributed by atoms with E-state index < -0.39 is 0 Å². The van der Waals surface area contributed by atoms with Crippen molar-refractivity contribution in [2.45, 2.75) is 57.9 Å². The second-order valence-corrected chi connectivity index (χ2v) is 5.93. The molecule has 0 radical (unpaired) electrons. The van der Waals surface area contributed by atoms with Gasteiger partial charge >= 0.3 is 0 Å². The van der Waals surface area contributed by atoms with Crippen LogP contribution in [0.4, 0.5) is 0 Å². The molecule has 0 heterocycles. The van der Waals surface area contributed by atoms with Crippen molar-refractivity contribution in [3.63, 3.8) is 0 Å². The monoisotopic (exact) mass is 261 g/mol. The maximum absolute atomic E-state index is 6.38. The molecule has 1 aromatic carbocycles. The number of nitrogens with two attached hydrogens (primary N) is 1. The van der Waals surface area contributed by atoms with Crippen LogP contribution < -0.4 is 10.5 Å². The van der Waals surface area contributed by atoms with Crippen LogP contribution in [0.25, 0.3) is 0 Å². The second kappa shape index (κ2) is 6.95. The lowest BCUT2D eigenvalue weighted by atomic mass is 9.84. The molecule has 0 amide bonds. The quantitative estimate of drug-likeness (QED) is 0.854. The highest BCUT2D eigenvalue weighted by Gasteiger charge is 2.17. The van der Waals surface area contributed by atoms with E-state index >= 15 is 0 Å². The van der Waals surface area contributed by atoms with Crippen LogP contribution in [0.15, 0.2) is 18.2 Å². The van der Waals surface area contributed by atoms with Crippen molar-refractivity contribution in [1.29, 1.82) is 0 Å². The van der Waals surface area contributed by atoms with Crippen molar-refractivity contribution >= 4 is 0 Å². The summed E-state index contributed by atoms with van der Waals surface area (Å²) in [4.78, 5) is 0. The zero-order valence-electron chi connectivity index (χ0n) is 12.3. The topological polar surface area (TPSA) is 35.2 Å². The first-order chi connectivity index (χ1) is 9.20. The molecule has 1 fully saturated rings. The van der Waals surface area contributed by atoms with Gasteiger partial charge in [-0.25, -0.2) is 0 Å². The van der Waals surface area contributed by atoms with E-state index in [0.717, 1.165) is 18.1 Å². The molecule has 0 aliphatic heterocycles. The predicted molar refractivity (Wildman–Crippen MR) is 80.5 cm³/mol. The normalized spacial score (nSPS) is 18.3. The summed E-state index contributed by atoms with van der Waals surface area (Å²) in [5.41, 5.74) is 8.80. The summed E-state index contributed by atoms with van der Waals surface area (Å²) >= 11 is 0. The van der Waals surface area contributed by atoms with Gasteiger partial charge in [-0.05, 0) is 31.7 Å². The largest absolute Gasteiger partial charge is 0.496 e. The van der Waals surface area contributed by atoms with E-state index in [2.05, 4.69) is 19.1 Å². The molecule has 1 unspecified atom stereocenters. The molecular weight excluding hydrogens is 234 g/mol. The van der Waals surface area contributed by atoms with Crippen LogP contribution in [0.3, 0.4) is 0 Å². The SMILES string of the molecule is COc1ccc(C)cc1C(N)CCC1CCCCC1. The molecule has 106 valence electrons. The van der Waals surface area contributed by atoms with Crippen molar-refractivity contribution in [3.05, 3.63) is 29.3 Å². The number of hydrogen-bond acceptors (Lipinski definition) is 2. The Balaban J connectivity index is 1.94. The second-order valence-electron chi connectivity index (χ2n) is 5.93. The maximum atomic E-state index is 6.38. The molecule has 0 bridgehead atoms. The minimum atomic E-state index is 0.108. The van der Waals surface area contributed by atoms with Gasteiger partial charge in [0.15, 0.2) is 0 Å². The van der Waals surface area contributed by atoms with Crippen molar-refractivity contribution in [2.24, 2.45) is 11.7 Å². The van der Waals surface area contributed by atoms with Crippen molar-refractivity contribution in [1.82, 2.24) is 0 Å². The Morgan fingerprint density at radius 2 is 2.00 bits per heavy atom. The Labute approximate surface area is 117 Å². The minimum absolute atomic E-state index is 0.108. The number of benzene rings is 1. The number of rotatable bonds is 5. The van der Waals surface area contributed by atoms with Gasteiger partial charge in [-0.2, -0.15) is 0 Å². The highest BCUT2D eigenvalue weighted by Crippen LogP contribution is 2.32. The van der Waals surface area contributed by atoms with E-state index in [1.807, 2.05) is 6.07 Å². The van der Waals surface area contributed by atoms with E-state index in [9.17, 15) is 0 Å². The average Bonchev–Trinajstić information content (AvgIpc) is 2.46. The van der Waals surface area contributed by atoms with Crippen LogP contribution in [0.5, 0.6) is 5.75 Å². The number of hydrogen-bond donors (Lipinski definition) is 1. The minimum Gasteiger partial charge on any atom is -0.496 e. The van der Waals surface area contributed by atoms with Crippen molar-refractivity contribution < 1.29 is 4.74 Å². The van der Waals surface area contributed by atoms with Gasteiger partial charge in [0, 0.05) is 11.6 Å². The molecular formula is C17H27NO. The molecule has 0 saturated heterocycles. The van der Waals surface area contributed by atoms with Gasteiger partial charge in [0.2, 0.25) is 0 Å². The van der Waals surface area contributed by atoms with Crippen LogP contribution in [0, 0.1) is 12.8 Å². The smallest absolute Gasteiger partial charge is 0.123 e. The standard InChI is InChI=1S/C17H27NO/c1-13-8-11-17(19-2)15(12-13)16(18)10-9-14-6-4-3-5-7-14/h8,11-12,14,16H,3-7,9-10,18H2,1-2H3. The average molecular weight is 261 g/mol. The highest BCUT2D eigenvalue weighted by molar-refractivity contribution is 5.38. The van der Waals surface area contributed by atoms with Gasteiger partial charge in [0.05, 0.1) is 7.11 Å². The van der Waals surface area contributed by atoms with Gasteiger partial charge in [-0.15, -0.1) is 0 Å². The third-order valence-electron chi connectivity index (χ3n) is 4.40. The van der Waals surface area contributed by atoms with Crippen LogP contribution >= 0.6 is 0 Å². The molecule has 2 rings (SSSR count). The molecule has 1 aromatic rings. The van der Waals surface area contributed by atoms with Crippen molar-refractivity contribution in [2.75, 3.05) is 7.11 Å². The lowest BCUT2D eigenvalue weighted by Gasteiger charge is -2.23. The number of aryl methyl sites for hydroxylation is 1. The molecule has 2 heteroatoms. The van der Waals surface area contributed by atoms with Gasteiger partial charge in [0.1, 0.15) is 5.75 Å². The molecule has 1 saturated carbocycles.